The summed E-state index contributed by atoms with van der Waals surface area (Å²) in [5, 5.41) is 8.84. The van der Waals surface area contributed by atoms with Crippen molar-refractivity contribution < 1.29 is 18.0 Å². The number of carbonyl (C=O) groups is 2. The molecule has 0 spiro atoms. The normalized spacial score (nSPS) is 19.2. The van der Waals surface area contributed by atoms with E-state index in [1.54, 1.807) is 6.07 Å². The molecule has 2 rings (SSSR count). The van der Waals surface area contributed by atoms with Gasteiger partial charge in [-0.1, -0.05) is 0 Å². The number of aromatic nitrogens is 1. The fourth-order valence-corrected chi connectivity index (χ4v) is 3.09. The van der Waals surface area contributed by atoms with E-state index in [9.17, 15) is 18.0 Å². The van der Waals surface area contributed by atoms with Crippen LogP contribution in [-0.4, -0.2) is 43.2 Å². The molecule has 1 N–H and O–H groups in total. The minimum atomic E-state index is -4.10. The van der Waals surface area contributed by atoms with Gasteiger partial charge in [-0.05, 0) is 12.1 Å². The lowest BCUT2D eigenvalue weighted by atomic mass is 10.3. The second-order valence-corrected chi connectivity index (χ2v) is 5.81. The van der Waals surface area contributed by atoms with E-state index in [0.717, 1.165) is 4.90 Å². The number of nitrogens with one attached hydrogen (secondary N) is 1. The molecule has 1 fully saturated rings. The summed E-state index contributed by atoms with van der Waals surface area (Å²) in [4.78, 5) is 27.2. The third-order valence-corrected chi connectivity index (χ3v) is 4.35. The van der Waals surface area contributed by atoms with Crippen molar-refractivity contribution in [1.29, 1.82) is 5.26 Å². The molecule has 1 saturated heterocycles. The zero-order valence-electron chi connectivity index (χ0n) is 10.4. The first-order valence-corrected chi connectivity index (χ1v) is 7.03. The summed E-state index contributed by atoms with van der Waals surface area (Å²) in [6, 6.07) is 3.09. The van der Waals surface area contributed by atoms with E-state index >= 15 is 0 Å². The van der Waals surface area contributed by atoms with Crippen LogP contribution >= 0.6 is 0 Å². The van der Waals surface area contributed by atoms with Crippen LogP contribution in [0.1, 0.15) is 12.1 Å². The molecule has 8 nitrogen and oxygen atoms in total. The minimum Gasteiger partial charge on any atom is -0.284 e. The first kappa shape index (κ1) is 14.1. The molecule has 20 heavy (non-hydrogen) atoms. The van der Waals surface area contributed by atoms with Gasteiger partial charge in [-0.3, -0.25) is 14.5 Å². The highest BCUT2D eigenvalue weighted by Gasteiger charge is 2.39. The highest BCUT2D eigenvalue weighted by atomic mass is 32.2. The fraction of sp³-hybridized carbons (Fsp3) is 0.273. The van der Waals surface area contributed by atoms with E-state index in [1.807, 2.05) is 0 Å². The van der Waals surface area contributed by atoms with E-state index in [0.29, 0.717) is 0 Å². The highest BCUT2D eigenvalue weighted by Crippen LogP contribution is 2.16. The van der Waals surface area contributed by atoms with Crippen molar-refractivity contribution in [1.82, 2.24) is 14.6 Å². The number of likely N-dealkylation sites (N-methyl/N-ethyl adjacent to an activating group) is 1. The number of nitrogens with zero attached hydrogens (tertiary/aromatic N) is 3. The van der Waals surface area contributed by atoms with Gasteiger partial charge in [0.05, 0.1) is 6.42 Å². The number of pyridine rings is 1. The SMILES string of the molecule is CN1C(=O)CC(NS(=O)(=O)c2cccnc2C#N)C1=O. The Morgan fingerprint density at radius 1 is 1.50 bits per heavy atom. The van der Waals surface area contributed by atoms with Crippen LogP contribution in [-0.2, 0) is 19.6 Å². The predicted molar refractivity (Wildman–Crippen MR) is 65.5 cm³/mol. The fourth-order valence-electron chi connectivity index (χ4n) is 1.79. The van der Waals surface area contributed by atoms with Crippen LogP contribution in [0.2, 0.25) is 0 Å². The second-order valence-electron chi connectivity index (χ2n) is 4.13. The predicted octanol–water partition coefficient (Wildman–Crippen LogP) is -1.01. The molecule has 0 saturated carbocycles. The first-order chi connectivity index (χ1) is 9.36. The van der Waals surface area contributed by atoms with E-state index in [-0.39, 0.29) is 17.0 Å². The van der Waals surface area contributed by atoms with Gasteiger partial charge in [-0.15, -0.1) is 0 Å². The summed E-state index contributed by atoms with van der Waals surface area (Å²) in [5.41, 5.74) is -0.273. The molecule has 0 bridgehead atoms. The van der Waals surface area contributed by atoms with E-state index in [2.05, 4.69) is 9.71 Å². The van der Waals surface area contributed by atoms with E-state index in [1.165, 1.54) is 25.4 Å². The summed E-state index contributed by atoms with van der Waals surface area (Å²) in [6.45, 7) is 0. The Bertz CT molecular complexity index is 722. The Balaban J connectivity index is 2.32. The smallest absolute Gasteiger partial charge is 0.247 e. The average molecular weight is 294 g/mol. The molecule has 2 heterocycles. The summed E-state index contributed by atoms with van der Waals surface area (Å²) < 4.78 is 26.4. The lowest BCUT2D eigenvalue weighted by Gasteiger charge is -2.12. The van der Waals surface area contributed by atoms with Crippen LogP contribution < -0.4 is 4.72 Å². The Labute approximate surface area is 115 Å². The van der Waals surface area contributed by atoms with Gasteiger partial charge in [0.2, 0.25) is 21.8 Å². The number of amides is 2. The van der Waals surface area contributed by atoms with Crippen LogP contribution in [0.5, 0.6) is 0 Å². The molecular formula is C11H10N4O4S. The summed E-state index contributed by atoms with van der Waals surface area (Å²) in [7, 11) is -2.82. The van der Waals surface area contributed by atoms with Crippen molar-refractivity contribution >= 4 is 21.8 Å². The lowest BCUT2D eigenvalue weighted by Crippen LogP contribution is -2.40. The van der Waals surface area contributed by atoms with Crippen LogP contribution in [0.15, 0.2) is 23.2 Å². The lowest BCUT2D eigenvalue weighted by molar-refractivity contribution is -0.137. The van der Waals surface area contributed by atoms with Crippen molar-refractivity contribution in [3.8, 4) is 6.07 Å². The standard InChI is InChI=1S/C11H10N4O4S/c1-15-10(16)5-7(11(15)17)14-20(18,19)9-3-2-4-13-8(9)6-12/h2-4,7,14H,5H2,1H3. The van der Waals surface area contributed by atoms with Crippen LogP contribution in [0.25, 0.3) is 0 Å². The highest BCUT2D eigenvalue weighted by molar-refractivity contribution is 7.89. The van der Waals surface area contributed by atoms with Gasteiger partial charge in [0.25, 0.3) is 0 Å². The zero-order valence-corrected chi connectivity index (χ0v) is 11.2. The molecule has 1 aromatic rings. The number of sulfonamides is 1. The maximum Gasteiger partial charge on any atom is 0.247 e. The van der Waals surface area contributed by atoms with Crippen molar-refractivity contribution in [2.75, 3.05) is 7.05 Å². The molecule has 1 unspecified atom stereocenters. The maximum absolute atomic E-state index is 12.1. The molecular weight excluding hydrogens is 284 g/mol. The first-order valence-electron chi connectivity index (χ1n) is 5.54. The molecule has 0 radical (unpaired) electrons. The van der Waals surface area contributed by atoms with Crippen molar-refractivity contribution in [3.63, 3.8) is 0 Å². The summed E-state index contributed by atoms with van der Waals surface area (Å²) in [5.74, 6) is -1.09. The number of likely N-dealkylation sites (tertiary alicyclic amines) is 1. The Morgan fingerprint density at radius 2 is 2.20 bits per heavy atom. The Kier molecular flexibility index (Phi) is 3.52. The number of hydrogen-bond donors (Lipinski definition) is 1. The topological polar surface area (TPSA) is 120 Å². The van der Waals surface area contributed by atoms with Crippen LogP contribution in [0.3, 0.4) is 0 Å². The zero-order chi connectivity index (χ0) is 14.9. The number of nitriles is 1. The quantitative estimate of drug-likeness (QED) is 0.713. The van der Waals surface area contributed by atoms with E-state index < -0.39 is 27.9 Å². The maximum atomic E-state index is 12.1. The molecule has 1 aliphatic rings. The van der Waals surface area contributed by atoms with Crippen molar-refractivity contribution in [2.45, 2.75) is 17.4 Å². The number of carbonyl (C=O) groups excluding carboxylic acids is 2. The number of rotatable bonds is 3. The minimum absolute atomic E-state index is 0.239. The van der Waals surface area contributed by atoms with Gasteiger partial charge in [-0.2, -0.15) is 9.98 Å². The van der Waals surface area contributed by atoms with E-state index in [4.69, 9.17) is 5.26 Å². The monoisotopic (exact) mass is 294 g/mol. The van der Waals surface area contributed by atoms with Crippen molar-refractivity contribution in [3.05, 3.63) is 24.0 Å². The molecule has 0 aromatic carbocycles. The molecule has 9 heteroatoms. The largest absolute Gasteiger partial charge is 0.284 e. The molecule has 1 aromatic heterocycles. The average Bonchev–Trinajstić information content (AvgIpc) is 2.66. The van der Waals surface area contributed by atoms with Crippen LogP contribution in [0, 0.1) is 11.3 Å². The molecule has 1 atom stereocenters. The molecule has 104 valence electrons. The van der Waals surface area contributed by atoms with Crippen LogP contribution in [0.4, 0.5) is 0 Å². The molecule has 2 amide bonds. The Hall–Kier alpha value is -2.31. The second kappa shape index (κ2) is 4.99. The third kappa shape index (κ3) is 2.38. The van der Waals surface area contributed by atoms with Gasteiger partial charge < -0.3 is 0 Å². The third-order valence-electron chi connectivity index (χ3n) is 2.85. The molecule has 0 aliphatic carbocycles. The number of imide groups is 1. The van der Waals surface area contributed by atoms with Gasteiger partial charge in [0.15, 0.2) is 5.69 Å². The Morgan fingerprint density at radius 3 is 2.75 bits per heavy atom. The number of hydrogen-bond acceptors (Lipinski definition) is 6. The molecule has 1 aliphatic heterocycles. The van der Waals surface area contributed by atoms with Gasteiger partial charge >= 0.3 is 0 Å². The van der Waals surface area contributed by atoms with Gasteiger partial charge in [0, 0.05) is 13.2 Å². The van der Waals surface area contributed by atoms with Gasteiger partial charge in [-0.25, -0.2) is 13.4 Å². The summed E-state index contributed by atoms with van der Waals surface area (Å²) >= 11 is 0. The summed E-state index contributed by atoms with van der Waals surface area (Å²) in [6.07, 6.45) is 1.05. The van der Waals surface area contributed by atoms with Crippen molar-refractivity contribution in [2.24, 2.45) is 0 Å². The van der Waals surface area contributed by atoms with Gasteiger partial charge in [0.1, 0.15) is 17.0 Å².